The van der Waals surface area contributed by atoms with E-state index in [0.717, 1.165) is 44.2 Å². The van der Waals surface area contributed by atoms with Crippen LogP contribution in [0.2, 0.25) is 0 Å². The lowest BCUT2D eigenvalue weighted by atomic mass is 10.1. The highest BCUT2D eigenvalue weighted by molar-refractivity contribution is 5.53. The van der Waals surface area contributed by atoms with Gasteiger partial charge in [-0.2, -0.15) is 0 Å². The molecule has 5 heteroatoms. The van der Waals surface area contributed by atoms with E-state index in [1.165, 1.54) is 5.69 Å². The fraction of sp³-hybridized carbons (Fsp3) is 0.625. The lowest BCUT2D eigenvalue weighted by Crippen LogP contribution is -2.31. The van der Waals surface area contributed by atoms with Crippen LogP contribution in [0, 0.1) is 6.92 Å². The van der Waals surface area contributed by atoms with Crippen molar-refractivity contribution in [2.75, 3.05) is 44.4 Å². The third-order valence-electron chi connectivity index (χ3n) is 4.00. The van der Waals surface area contributed by atoms with E-state index >= 15 is 0 Å². The highest BCUT2D eigenvalue weighted by Crippen LogP contribution is 2.28. The van der Waals surface area contributed by atoms with E-state index in [-0.39, 0.29) is 0 Å². The zero-order chi connectivity index (χ0) is 14.2. The minimum absolute atomic E-state index is 0.291. The van der Waals surface area contributed by atoms with Crippen molar-refractivity contribution in [3.05, 3.63) is 23.8 Å². The molecule has 3 heterocycles. The molecule has 21 heavy (non-hydrogen) atoms. The Morgan fingerprint density at radius 1 is 1.05 bits per heavy atom. The van der Waals surface area contributed by atoms with Gasteiger partial charge < -0.3 is 23.8 Å². The number of hydrogen-bond acceptors (Lipinski definition) is 5. The minimum Gasteiger partial charge on any atom is -0.491 e. The van der Waals surface area contributed by atoms with Crippen LogP contribution in [0.1, 0.15) is 5.56 Å². The first-order chi connectivity index (χ1) is 10.3. The molecule has 0 spiro atoms. The predicted molar refractivity (Wildman–Crippen MR) is 78.1 cm³/mol. The number of benzene rings is 1. The van der Waals surface area contributed by atoms with Crippen LogP contribution in [-0.2, 0) is 14.2 Å². The molecule has 3 unspecified atom stereocenters. The summed E-state index contributed by atoms with van der Waals surface area (Å²) in [7, 11) is 0. The largest absolute Gasteiger partial charge is 0.491 e. The van der Waals surface area contributed by atoms with Crippen LogP contribution < -0.4 is 9.64 Å². The standard InChI is InChI=1S/C16H21NO4/c1-11-4-12(2-3-16(11)21-10-15-9-20-15)17(5-13-7-18-13)6-14-8-19-14/h2-4,13-15H,5-10H2,1H3. The molecule has 0 bridgehead atoms. The number of nitrogens with zero attached hydrogens (tertiary/aromatic N) is 1. The molecule has 0 saturated carbocycles. The van der Waals surface area contributed by atoms with Crippen molar-refractivity contribution in [3.63, 3.8) is 0 Å². The van der Waals surface area contributed by atoms with E-state index in [0.29, 0.717) is 24.9 Å². The second-order valence-electron chi connectivity index (χ2n) is 6.03. The normalized spacial score (nSPS) is 29.1. The Bertz CT molecular complexity index is 495. The maximum atomic E-state index is 5.79. The number of rotatable bonds is 8. The second kappa shape index (κ2) is 5.48. The van der Waals surface area contributed by atoms with Crippen molar-refractivity contribution in [3.8, 4) is 5.75 Å². The quantitative estimate of drug-likeness (QED) is 0.677. The number of ether oxygens (including phenoxy) is 4. The molecule has 0 radical (unpaired) electrons. The molecule has 3 atom stereocenters. The Morgan fingerprint density at radius 2 is 1.67 bits per heavy atom. The van der Waals surface area contributed by atoms with E-state index in [2.05, 4.69) is 30.0 Å². The van der Waals surface area contributed by atoms with Gasteiger partial charge >= 0.3 is 0 Å². The summed E-state index contributed by atoms with van der Waals surface area (Å²) < 4.78 is 21.7. The molecule has 3 saturated heterocycles. The summed E-state index contributed by atoms with van der Waals surface area (Å²) in [5.74, 6) is 0.944. The molecule has 0 aromatic heterocycles. The zero-order valence-electron chi connectivity index (χ0n) is 12.3. The SMILES string of the molecule is Cc1cc(N(CC2CO2)CC2CO2)ccc1OCC1CO1. The van der Waals surface area contributed by atoms with Gasteiger partial charge in [0.15, 0.2) is 0 Å². The van der Waals surface area contributed by atoms with Gasteiger partial charge in [-0.1, -0.05) is 0 Å². The molecule has 0 N–H and O–H groups in total. The molecule has 3 fully saturated rings. The topological polar surface area (TPSA) is 50.1 Å². The Morgan fingerprint density at radius 3 is 2.19 bits per heavy atom. The second-order valence-corrected chi connectivity index (χ2v) is 6.03. The van der Waals surface area contributed by atoms with Crippen molar-refractivity contribution in [1.82, 2.24) is 0 Å². The summed E-state index contributed by atoms with van der Waals surface area (Å²) in [5, 5.41) is 0. The van der Waals surface area contributed by atoms with E-state index in [4.69, 9.17) is 18.9 Å². The maximum absolute atomic E-state index is 5.79. The van der Waals surface area contributed by atoms with E-state index < -0.39 is 0 Å². The van der Waals surface area contributed by atoms with Crippen molar-refractivity contribution in [1.29, 1.82) is 0 Å². The molecular formula is C16H21NO4. The molecular weight excluding hydrogens is 270 g/mol. The molecule has 3 aliphatic rings. The average Bonchev–Trinajstić information content (AvgIpc) is 3.34. The number of hydrogen-bond donors (Lipinski definition) is 0. The number of aryl methyl sites for hydroxylation is 1. The Labute approximate surface area is 124 Å². The van der Waals surface area contributed by atoms with Gasteiger partial charge in [-0.25, -0.2) is 0 Å². The number of epoxide rings is 3. The first-order valence-corrected chi connectivity index (χ1v) is 7.61. The molecule has 5 nitrogen and oxygen atoms in total. The van der Waals surface area contributed by atoms with Crippen LogP contribution in [0.15, 0.2) is 18.2 Å². The summed E-state index contributed by atoms with van der Waals surface area (Å²) >= 11 is 0. The molecule has 114 valence electrons. The maximum Gasteiger partial charge on any atom is 0.122 e. The monoisotopic (exact) mass is 291 g/mol. The van der Waals surface area contributed by atoms with Crippen LogP contribution in [0.3, 0.4) is 0 Å². The molecule has 1 aromatic carbocycles. The Balaban J connectivity index is 1.44. The fourth-order valence-corrected chi connectivity index (χ4v) is 2.46. The van der Waals surface area contributed by atoms with E-state index in [1.54, 1.807) is 0 Å². The van der Waals surface area contributed by atoms with Gasteiger partial charge in [0, 0.05) is 18.8 Å². The Kier molecular flexibility index (Phi) is 3.49. The van der Waals surface area contributed by atoms with Crippen molar-refractivity contribution in [2.45, 2.75) is 25.2 Å². The first-order valence-electron chi connectivity index (χ1n) is 7.61. The van der Waals surface area contributed by atoms with Gasteiger partial charge in [0.2, 0.25) is 0 Å². The smallest absolute Gasteiger partial charge is 0.122 e. The molecule has 0 aliphatic carbocycles. The van der Waals surface area contributed by atoms with Gasteiger partial charge in [0.1, 0.15) is 18.5 Å². The highest BCUT2D eigenvalue weighted by atomic mass is 16.6. The van der Waals surface area contributed by atoms with Crippen LogP contribution >= 0.6 is 0 Å². The van der Waals surface area contributed by atoms with Gasteiger partial charge in [0.25, 0.3) is 0 Å². The molecule has 0 amide bonds. The summed E-state index contributed by atoms with van der Waals surface area (Å²) in [6.07, 6.45) is 1.05. The van der Waals surface area contributed by atoms with Crippen LogP contribution in [-0.4, -0.2) is 57.8 Å². The van der Waals surface area contributed by atoms with Crippen molar-refractivity contribution in [2.24, 2.45) is 0 Å². The van der Waals surface area contributed by atoms with Gasteiger partial charge in [-0.3, -0.25) is 0 Å². The van der Waals surface area contributed by atoms with Gasteiger partial charge in [-0.15, -0.1) is 0 Å². The first kappa shape index (κ1) is 13.4. The van der Waals surface area contributed by atoms with Crippen LogP contribution in [0.4, 0.5) is 5.69 Å². The number of anilines is 1. The lowest BCUT2D eigenvalue weighted by Gasteiger charge is -2.24. The minimum atomic E-state index is 0.291. The Hall–Kier alpha value is -1.30. The third-order valence-corrected chi connectivity index (χ3v) is 4.00. The zero-order valence-corrected chi connectivity index (χ0v) is 12.3. The third kappa shape index (κ3) is 3.67. The van der Waals surface area contributed by atoms with Crippen molar-refractivity contribution >= 4 is 5.69 Å². The lowest BCUT2D eigenvalue weighted by molar-refractivity contribution is 0.262. The van der Waals surface area contributed by atoms with Gasteiger partial charge in [-0.05, 0) is 30.7 Å². The molecule has 4 rings (SSSR count). The predicted octanol–water partition coefficient (Wildman–Crippen LogP) is 1.38. The van der Waals surface area contributed by atoms with Crippen LogP contribution in [0.5, 0.6) is 5.75 Å². The van der Waals surface area contributed by atoms with Crippen molar-refractivity contribution < 1.29 is 18.9 Å². The molecule has 1 aromatic rings. The molecule has 3 aliphatic heterocycles. The van der Waals surface area contributed by atoms with E-state index in [9.17, 15) is 0 Å². The highest BCUT2D eigenvalue weighted by Gasteiger charge is 2.31. The summed E-state index contributed by atoms with van der Waals surface area (Å²) in [4.78, 5) is 2.36. The van der Waals surface area contributed by atoms with E-state index in [1.807, 2.05) is 0 Å². The van der Waals surface area contributed by atoms with Gasteiger partial charge in [0.05, 0.1) is 32.0 Å². The summed E-state index contributed by atoms with van der Waals surface area (Å²) in [5.41, 5.74) is 2.38. The van der Waals surface area contributed by atoms with Crippen LogP contribution in [0.25, 0.3) is 0 Å². The fourth-order valence-electron chi connectivity index (χ4n) is 2.46. The summed E-state index contributed by atoms with van der Waals surface area (Å²) in [6.45, 7) is 7.20. The summed E-state index contributed by atoms with van der Waals surface area (Å²) in [6, 6.07) is 6.37. The average molecular weight is 291 g/mol.